The van der Waals surface area contributed by atoms with Gasteiger partial charge in [-0.3, -0.25) is 4.90 Å². The molecule has 1 amide bonds. The first-order valence-corrected chi connectivity index (χ1v) is 16.6. The number of hydrogen-bond donors (Lipinski definition) is 0. The Morgan fingerprint density at radius 2 is 1.54 bits per heavy atom. The van der Waals surface area contributed by atoms with Crippen LogP contribution in [0.3, 0.4) is 0 Å². The molecule has 2 fully saturated rings. The zero-order valence-electron chi connectivity index (χ0n) is 25.9. The van der Waals surface area contributed by atoms with Gasteiger partial charge in [-0.1, -0.05) is 81.4 Å². The highest BCUT2D eigenvalue weighted by molar-refractivity contribution is 6.99. The van der Waals surface area contributed by atoms with Crippen molar-refractivity contribution in [2.45, 2.75) is 115 Å². The highest BCUT2D eigenvalue weighted by atomic mass is 28.4. The van der Waals surface area contributed by atoms with E-state index in [0.717, 1.165) is 6.29 Å². The second kappa shape index (κ2) is 12.0. The Morgan fingerprint density at radius 1 is 0.976 bits per heavy atom. The quantitative estimate of drug-likeness (QED) is 0.320. The molecule has 0 aliphatic carbocycles. The molecular formula is C33H47NO6Si. The molecule has 2 heterocycles. The first-order chi connectivity index (χ1) is 19.2. The van der Waals surface area contributed by atoms with Crippen LogP contribution in [0.2, 0.25) is 5.04 Å². The Kier molecular flexibility index (Phi) is 9.19. The van der Waals surface area contributed by atoms with Crippen LogP contribution < -0.4 is 10.4 Å². The van der Waals surface area contributed by atoms with Crippen LogP contribution >= 0.6 is 0 Å². The summed E-state index contributed by atoms with van der Waals surface area (Å²) in [6, 6.07) is 20.7. The van der Waals surface area contributed by atoms with Crippen LogP contribution in [0.15, 0.2) is 60.7 Å². The van der Waals surface area contributed by atoms with Gasteiger partial charge in [-0.2, -0.15) is 0 Å². The van der Waals surface area contributed by atoms with Crippen LogP contribution in [-0.2, 0) is 23.4 Å². The second-order valence-corrected chi connectivity index (χ2v) is 18.0. The Morgan fingerprint density at radius 3 is 2.02 bits per heavy atom. The molecule has 224 valence electrons. The smallest absolute Gasteiger partial charge is 0.412 e. The number of carbonyl (C=O) groups excluding carboxylic acids is 2. The van der Waals surface area contributed by atoms with E-state index < -0.39 is 25.7 Å². The van der Waals surface area contributed by atoms with Crippen molar-refractivity contribution in [2.24, 2.45) is 0 Å². The molecule has 2 aliphatic rings. The molecule has 4 rings (SSSR count). The minimum Gasteiger partial charge on any atom is -0.444 e. The predicted octanol–water partition coefficient (Wildman–Crippen LogP) is 5.44. The lowest BCUT2D eigenvalue weighted by Gasteiger charge is -2.48. The third kappa shape index (κ3) is 6.77. The van der Waals surface area contributed by atoms with Crippen LogP contribution in [0, 0.1) is 0 Å². The fraction of sp³-hybridized carbons (Fsp3) is 0.576. The van der Waals surface area contributed by atoms with Gasteiger partial charge in [-0.15, -0.1) is 0 Å². The largest absolute Gasteiger partial charge is 0.444 e. The minimum absolute atomic E-state index is 0.186. The Labute approximate surface area is 246 Å². The summed E-state index contributed by atoms with van der Waals surface area (Å²) in [4.78, 5) is 26.8. The summed E-state index contributed by atoms with van der Waals surface area (Å²) in [5.41, 5.74) is -1.51. The predicted molar refractivity (Wildman–Crippen MR) is 163 cm³/mol. The number of amides is 1. The maximum absolute atomic E-state index is 13.4. The summed E-state index contributed by atoms with van der Waals surface area (Å²) in [5, 5.41) is 2.22. The maximum atomic E-state index is 13.4. The molecule has 0 spiro atoms. The highest BCUT2D eigenvalue weighted by Gasteiger charge is 2.54. The number of ether oxygens (including phenoxy) is 3. The third-order valence-corrected chi connectivity index (χ3v) is 13.1. The fourth-order valence-corrected chi connectivity index (χ4v) is 11.0. The molecule has 2 saturated heterocycles. The second-order valence-electron chi connectivity index (χ2n) is 13.7. The first-order valence-electron chi connectivity index (χ1n) is 14.7. The van der Waals surface area contributed by atoms with Crippen LogP contribution in [0.4, 0.5) is 4.79 Å². The van der Waals surface area contributed by atoms with Crippen LogP contribution in [-0.4, -0.2) is 67.9 Å². The molecule has 0 unspecified atom stereocenters. The number of benzene rings is 2. The summed E-state index contributed by atoms with van der Waals surface area (Å²) in [5.74, 6) is 0. The van der Waals surface area contributed by atoms with Gasteiger partial charge in [0.1, 0.15) is 17.6 Å². The lowest BCUT2D eigenvalue weighted by molar-refractivity contribution is -0.131. The Balaban J connectivity index is 1.73. The summed E-state index contributed by atoms with van der Waals surface area (Å²) < 4.78 is 25.9. The molecule has 4 atom stereocenters. The lowest BCUT2D eigenvalue weighted by Crippen LogP contribution is -2.68. The average Bonchev–Trinajstić information content (AvgIpc) is 3.21. The van der Waals surface area contributed by atoms with E-state index in [2.05, 4.69) is 69.3 Å². The molecule has 0 aromatic heterocycles. The number of carbonyl (C=O) groups is 2. The average molecular weight is 582 g/mol. The van der Waals surface area contributed by atoms with Crippen molar-refractivity contribution >= 4 is 31.1 Å². The molecule has 8 heteroatoms. The molecule has 2 aromatic rings. The third-order valence-electron chi connectivity index (χ3n) is 8.05. The van der Waals surface area contributed by atoms with Crippen LogP contribution in [0.25, 0.3) is 0 Å². The van der Waals surface area contributed by atoms with Gasteiger partial charge < -0.3 is 23.4 Å². The van der Waals surface area contributed by atoms with E-state index in [4.69, 9.17) is 18.6 Å². The van der Waals surface area contributed by atoms with E-state index in [9.17, 15) is 9.59 Å². The van der Waals surface area contributed by atoms with Crippen molar-refractivity contribution < 1.29 is 28.2 Å². The zero-order chi connectivity index (χ0) is 30.1. The topological polar surface area (TPSA) is 74.3 Å². The minimum atomic E-state index is -2.84. The standard InChI is InChI=1S/C33H47NO6Si/c1-31(2,3)39-30(36)34-28(23-37-33(34,7)8)29-22-25(21-24(38-29)19-20-35)40-41(32(4,5)6,26-15-11-9-12-16-26)27-17-13-10-14-18-27/h9-18,20,24-25,28-29H,19,21-23H2,1-8H3/t24-,25-,28-,29-/m1/s1. The summed E-state index contributed by atoms with van der Waals surface area (Å²) >= 11 is 0. The van der Waals surface area contributed by atoms with Crippen molar-refractivity contribution in [1.29, 1.82) is 0 Å². The monoisotopic (exact) mass is 581 g/mol. The number of hydrogen-bond acceptors (Lipinski definition) is 6. The molecule has 2 aromatic carbocycles. The van der Waals surface area contributed by atoms with Gasteiger partial charge in [0.15, 0.2) is 0 Å². The van der Waals surface area contributed by atoms with Crippen LogP contribution in [0.1, 0.15) is 74.7 Å². The molecule has 41 heavy (non-hydrogen) atoms. The summed E-state index contributed by atoms with van der Waals surface area (Å²) in [6.07, 6.45) is 1.02. The van der Waals surface area contributed by atoms with Crippen molar-refractivity contribution in [1.82, 2.24) is 4.90 Å². The molecule has 0 radical (unpaired) electrons. The van der Waals surface area contributed by atoms with E-state index in [1.807, 2.05) is 46.8 Å². The number of rotatable bonds is 7. The maximum Gasteiger partial charge on any atom is 0.412 e. The first kappa shape index (κ1) is 31.4. The SMILES string of the molecule is CC(C)(C)OC(=O)N1[C@@H]([C@H]2C[C@H](O[Si](c3ccccc3)(c3ccccc3)C(C)(C)C)C[C@@H](CC=O)O2)COC1(C)C. The zero-order valence-corrected chi connectivity index (χ0v) is 26.9. The van der Waals surface area contributed by atoms with E-state index in [-0.39, 0.29) is 35.8 Å². The van der Waals surface area contributed by atoms with Crippen LogP contribution in [0.5, 0.6) is 0 Å². The lowest BCUT2D eigenvalue weighted by atomic mass is 9.95. The molecular weight excluding hydrogens is 534 g/mol. The molecule has 7 nitrogen and oxygen atoms in total. The van der Waals surface area contributed by atoms with E-state index in [1.54, 1.807) is 4.90 Å². The summed E-state index contributed by atoms with van der Waals surface area (Å²) in [6.45, 7) is 16.4. The van der Waals surface area contributed by atoms with Crippen molar-refractivity contribution in [3.63, 3.8) is 0 Å². The van der Waals surface area contributed by atoms with Gasteiger partial charge in [-0.05, 0) is 56.5 Å². The van der Waals surface area contributed by atoms with E-state index in [1.165, 1.54) is 10.4 Å². The van der Waals surface area contributed by atoms with E-state index in [0.29, 0.717) is 19.4 Å². The molecule has 2 aliphatic heterocycles. The summed E-state index contributed by atoms with van der Waals surface area (Å²) in [7, 11) is -2.84. The van der Waals surface area contributed by atoms with Crippen molar-refractivity contribution in [3.8, 4) is 0 Å². The van der Waals surface area contributed by atoms with Crippen molar-refractivity contribution in [3.05, 3.63) is 60.7 Å². The normalized spacial score (nSPS) is 25.1. The Hall–Kier alpha value is -2.52. The number of nitrogens with zero attached hydrogens (tertiary/aromatic N) is 1. The van der Waals surface area contributed by atoms with Gasteiger partial charge in [0.05, 0.1) is 31.0 Å². The van der Waals surface area contributed by atoms with Gasteiger partial charge >= 0.3 is 6.09 Å². The van der Waals surface area contributed by atoms with Crippen molar-refractivity contribution in [2.75, 3.05) is 6.61 Å². The van der Waals surface area contributed by atoms with Gasteiger partial charge in [0.2, 0.25) is 0 Å². The van der Waals surface area contributed by atoms with Gasteiger partial charge in [-0.25, -0.2) is 4.79 Å². The highest BCUT2D eigenvalue weighted by Crippen LogP contribution is 2.41. The molecule has 0 bridgehead atoms. The van der Waals surface area contributed by atoms with E-state index >= 15 is 0 Å². The molecule has 0 saturated carbocycles. The fourth-order valence-electron chi connectivity index (χ4n) is 6.32. The number of aldehydes is 1. The van der Waals surface area contributed by atoms with Gasteiger partial charge in [0.25, 0.3) is 8.32 Å². The molecule has 0 N–H and O–H groups in total. The Bertz CT molecular complexity index is 1130. The van der Waals surface area contributed by atoms with Gasteiger partial charge in [0, 0.05) is 12.8 Å².